The second kappa shape index (κ2) is 3.77. The molecule has 1 atom stereocenters. The van der Waals surface area contributed by atoms with Crippen LogP contribution in [0.15, 0.2) is 12.4 Å². The highest BCUT2D eigenvalue weighted by molar-refractivity contribution is 5.24. The van der Waals surface area contributed by atoms with Gasteiger partial charge in [-0.15, -0.1) is 5.10 Å². The lowest BCUT2D eigenvalue weighted by atomic mass is 10.3. The molecule has 0 fully saturated rings. The third kappa shape index (κ3) is 1.73. The summed E-state index contributed by atoms with van der Waals surface area (Å²) in [7, 11) is 3.72. The zero-order valence-corrected chi connectivity index (χ0v) is 8.92. The monoisotopic (exact) mass is 207 g/mol. The summed E-state index contributed by atoms with van der Waals surface area (Å²) in [4.78, 5) is 0. The van der Waals surface area contributed by atoms with Gasteiger partial charge in [-0.2, -0.15) is 9.78 Å². The molecule has 0 saturated carbocycles. The molecular weight excluding hydrogens is 194 g/mol. The van der Waals surface area contributed by atoms with Gasteiger partial charge in [-0.25, -0.2) is 0 Å². The van der Waals surface area contributed by atoms with Gasteiger partial charge in [0, 0.05) is 7.05 Å². The topological polar surface area (TPSA) is 73.5 Å². The zero-order valence-electron chi connectivity index (χ0n) is 8.92. The van der Waals surface area contributed by atoms with Gasteiger partial charge in [-0.3, -0.25) is 4.68 Å². The van der Waals surface area contributed by atoms with Gasteiger partial charge in [0.25, 0.3) is 0 Å². The Bertz CT molecular complexity index is 443. The second-order valence-electron chi connectivity index (χ2n) is 3.33. The summed E-state index contributed by atoms with van der Waals surface area (Å²) in [6.45, 7) is 2.00. The second-order valence-corrected chi connectivity index (χ2v) is 3.33. The molecule has 2 aromatic heterocycles. The van der Waals surface area contributed by atoms with Gasteiger partial charge >= 0.3 is 0 Å². The molecule has 2 rings (SSSR count). The molecule has 7 nitrogen and oxygen atoms in total. The fraction of sp³-hybridized carbons (Fsp3) is 0.500. The highest BCUT2D eigenvalue weighted by Crippen LogP contribution is 2.11. The van der Waals surface area contributed by atoms with E-state index in [2.05, 4.69) is 25.9 Å². The minimum absolute atomic E-state index is 0.0974. The molecular formula is C8H13N7. The SMILES string of the molecule is CNC(C)c1nnnn1-c1cnn(C)c1. The Morgan fingerprint density at radius 3 is 2.87 bits per heavy atom. The van der Waals surface area contributed by atoms with Crippen LogP contribution in [-0.2, 0) is 7.05 Å². The summed E-state index contributed by atoms with van der Waals surface area (Å²) in [6.07, 6.45) is 3.59. The average molecular weight is 207 g/mol. The average Bonchev–Trinajstić information content (AvgIpc) is 2.84. The molecule has 80 valence electrons. The largest absolute Gasteiger partial charge is 0.311 e. The third-order valence-corrected chi connectivity index (χ3v) is 2.25. The number of hydrogen-bond acceptors (Lipinski definition) is 5. The van der Waals surface area contributed by atoms with Crippen molar-refractivity contribution >= 4 is 0 Å². The van der Waals surface area contributed by atoms with Gasteiger partial charge in [0.1, 0.15) is 5.69 Å². The molecule has 1 N–H and O–H groups in total. The summed E-state index contributed by atoms with van der Waals surface area (Å²) in [5.74, 6) is 0.769. The minimum Gasteiger partial charge on any atom is -0.311 e. The molecule has 7 heteroatoms. The van der Waals surface area contributed by atoms with E-state index < -0.39 is 0 Å². The van der Waals surface area contributed by atoms with Crippen LogP contribution in [0.4, 0.5) is 0 Å². The normalized spacial score (nSPS) is 13.0. The van der Waals surface area contributed by atoms with E-state index in [-0.39, 0.29) is 6.04 Å². The van der Waals surface area contributed by atoms with Crippen LogP contribution >= 0.6 is 0 Å². The predicted octanol–water partition coefficient (Wildman–Crippen LogP) is -0.324. The first-order valence-electron chi connectivity index (χ1n) is 4.67. The Kier molecular flexibility index (Phi) is 2.46. The summed E-state index contributed by atoms with van der Waals surface area (Å²) in [5, 5.41) is 18.7. The Balaban J connectivity index is 2.40. The van der Waals surface area contributed by atoms with Crippen LogP contribution < -0.4 is 5.32 Å². The van der Waals surface area contributed by atoms with Gasteiger partial charge in [0.15, 0.2) is 5.82 Å². The first kappa shape index (κ1) is 9.78. The number of hydrogen-bond donors (Lipinski definition) is 1. The van der Waals surface area contributed by atoms with Crippen LogP contribution in [0, 0.1) is 0 Å². The van der Waals surface area contributed by atoms with Gasteiger partial charge in [0.2, 0.25) is 0 Å². The Morgan fingerprint density at radius 1 is 1.47 bits per heavy atom. The lowest BCUT2D eigenvalue weighted by molar-refractivity contribution is 0.588. The Hall–Kier alpha value is -1.76. The molecule has 0 spiro atoms. The maximum Gasteiger partial charge on any atom is 0.173 e. The molecule has 0 amide bonds. The first-order valence-corrected chi connectivity index (χ1v) is 4.67. The molecule has 1 unspecified atom stereocenters. The summed E-state index contributed by atoms with van der Waals surface area (Å²) in [6, 6.07) is 0.0974. The lowest BCUT2D eigenvalue weighted by Gasteiger charge is -2.08. The van der Waals surface area contributed by atoms with Crippen molar-refractivity contribution in [1.82, 2.24) is 35.3 Å². The van der Waals surface area contributed by atoms with Crippen LogP contribution in [-0.4, -0.2) is 37.0 Å². The number of rotatable bonds is 3. The van der Waals surface area contributed by atoms with E-state index in [1.54, 1.807) is 15.6 Å². The van der Waals surface area contributed by atoms with Crippen LogP contribution in [0.3, 0.4) is 0 Å². The molecule has 0 radical (unpaired) electrons. The van der Waals surface area contributed by atoms with E-state index in [4.69, 9.17) is 0 Å². The smallest absolute Gasteiger partial charge is 0.173 e. The van der Waals surface area contributed by atoms with E-state index in [1.165, 1.54) is 0 Å². The lowest BCUT2D eigenvalue weighted by Crippen LogP contribution is -2.17. The maximum absolute atomic E-state index is 4.08. The Labute approximate surface area is 87.1 Å². The number of tetrazole rings is 1. The van der Waals surface area contributed by atoms with Gasteiger partial charge in [-0.1, -0.05) is 0 Å². The van der Waals surface area contributed by atoms with Crippen molar-refractivity contribution < 1.29 is 0 Å². The molecule has 0 saturated heterocycles. The predicted molar refractivity (Wildman–Crippen MR) is 53.4 cm³/mol. The number of aromatic nitrogens is 6. The number of aryl methyl sites for hydroxylation is 1. The molecule has 0 aliphatic heterocycles. The van der Waals surface area contributed by atoms with E-state index in [1.807, 2.05) is 27.2 Å². The minimum atomic E-state index is 0.0974. The van der Waals surface area contributed by atoms with Gasteiger partial charge in [0.05, 0.1) is 18.4 Å². The maximum atomic E-state index is 4.08. The van der Waals surface area contributed by atoms with Gasteiger partial charge < -0.3 is 5.32 Å². The van der Waals surface area contributed by atoms with Crippen molar-refractivity contribution in [3.63, 3.8) is 0 Å². The molecule has 0 aromatic carbocycles. The Morgan fingerprint density at radius 2 is 2.27 bits per heavy atom. The standard InChI is InChI=1S/C8H13N7/c1-6(9-2)8-11-12-13-15(8)7-4-10-14(3)5-7/h4-6,9H,1-3H3. The highest BCUT2D eigenvalue weighted by Gasteiger charge is 2.14. The first-order chi connectivity index (χ1) is 7.22. The van der Waals surface area contributed by atoms with Crippen molar-refractivity contribution in [2.45, 2.75) is 13.0 Å². The van der Waals surface area contributed by atoms with Crippen molar-refractivity contribution in [2.75, 3.05) is 7.05 Å². The van der Waals surface area contributed by atoms with Crippen molar-refractivity contribution in [3.8, 4) is 5.69 Å². The fourth-order valence-electron chi connectivity index (χ4n) is 1.29. The molecule has 0 aliphatic rings. The van der Waals surface area contributed by atoms with E-state index in [0.29, 0.717) is 0 Å². The molecule has 0 aliphatic carbocycles. The van der Waals surface area contributed by atoms with Crippen LogP contribution in [0.1, 0.15) is 18.8 Å². The van der Waals surface area contributed by atoms with Crippen molar-refractivity contribution in [1.29, 1.82) is 0 Å². The zero-order chi connectivity index (χ0) is 10.8. The highest BCUT2D eigenvalue weighted by atomic mass is 15.6. The molecule has 2 aromatic rings. The summed E-state index contributed by atoms with van der Waals surface area (Å²) in [5.41, 5.74) is 0.861. The van der Waals surface area contributed by atoms with Crippen LogP contribution in [0.5, 0.6) is 0 Å². The van der Waals surface area contributed by atoms with Crippen molar-refractivity contribution in [2.24, 2.45) is 7.05 Å². The van der Waals surface area contributed by atoms with Gasteiger partial charge in [-0.05, 0) is 24.4 Å². The van der Waals surface area contributed by atoms with E-state index >= 15 is 0 Å². The fourth-order valence-corrected chi connectivity index (χ4v) is 1.29. The number of nitrogens with one attached hydrogen (secondary N) is 1. The van der Waals surface area contributed by atoms with Crippen molar-refractivity contribution in [3.05, 3.63) is 18.2 Å². The summed E-state index contributed by atoms with van der Waals surface area (Å²) >= 11 is 0. The van der Waals surface area contributed by atoms with E-state index in [9.17, 15) is 0 Å². The quantitative estimate of drug-likeness (QED) is 0.746. The molecule has 2 heterocycles. The summed E-state index contributed by atoms with van der Waals surface area (Å²) < 4.78 is 3.39. The molecule has 15 heavy (non-hydrogen) atoms. The number of nitrogens with zero attached hydrogens (tertiary/aromatic N) is 6. The molecule has 0 bridgehead atoms. The third-order valence-electron chi connectivity index (χ3n) is 2.25. The van der Waals surface area contributed by atoms with E-state index in [0.717, 1.165) is 11.5 Å². The van der Waals surface area contributed by atoms with Crippen LogP contribution in [0.2, 0.25) is 0 Å². The van der Waals surface area contributed by atoms with Crippen LogP contribution in [0.25, 0.3) is 5.69 Å².